The molecule has 4 nitrogen and oxygen atoms in total. The first-order chi connectivity index (χ1) is 7.93. The molecule has 0 saturated carbocycles. The number of carbonyl (C=O) groups excluding carboxylic acids is 1. The molecule has 1 saturated heterocycles. The summed E-state index contributed by atoms with van der Waals surface area (Å²) in [4.78, 5) is 16.2. The van der Waals surface area contributed by atoms with E-state index in [1.807, 2.05) is 20.9 Å². The second kappa shape index (κ2) is 6.36. The Kier molecular flexibility index (Phi) is 5.40. The van der Waals surface area contributed by atoms with Crippen molar-refractivity contribution in [3.63, 3.8) is 0 Å². The molecule has 1 fully saturated rings. The molecule has 1 heterocycles. The highest BCUT2D eigenvalue weighted by atomic mass is 16.2. The number of piperidine rings is 1. The Morgan fingerprint density at radius 3 is 2.65 bits per heavy atom. The van der Waals surface area contributed by atoms with Crippen LogP contribution in [-0.4, -0.2) is 55.0 Å². The molecule has 0 radical (unpaired) electrons. The van der Waals surface area contributed by atoms with Gasteiger partial charge in [-0.2, -0.15) is 0 Å². The van der Waals surface area contributed by atoms with Crippen LogP contribution >= 0.6 is 0 Å². The van der Waals surface area contributed by atoms with E-state index in [-0.39, 0.29) is 17.9 Å². The van der Waals surface area contributed by atoms with Gasteiger partial charge in [-0.1, -0.05) is 20.3 Å². The molecule has 4 heteroatoms. The molecule has 1 rings (SSSR count). The number of rotatable bonds is 4. The average Bonchev–Trinajstić information content (AvgIpc) is 2.30. The van der Waals surface area contributed by atoms with E-state index in [1.54, 1.807) is 4.90 Å². The van der Waals surface area contributed by atoms with Gasteiger partial charge in [-0.3, -0.25) is 4.79 Å². The molecule has 0 aromatic heterocycles. The first kappa shape index (κ1) is 14.5. The van der Waals surface area contributed by atoms with Gasteiger partial charge in [-0.25, -0.2) is 0 Å². The summed E-state index contributed by atoms with van der Waals surface area (Å²) in [6, 6.07) is 0.131. The number of amides is 1. The van der Waals surface area contributed by atoms with Crippen LogP contribution in [0.15, 0.2) is 0 Å². The maximum atomic E-state index is 12.0. The van der Waals surface area contributed by atoms with Gasteiger partial charge in [-0.05, 0) is 32.4 Å². The van der Waals surface area contributed by atoms with Crippen molar-refractivity contribution in [2.24, 2.45) is 11.7 Å². The predicted molar refractivity (Wildman–Crippen MR) is 70.7 cm³/mol. The quantitative estimate of drug-likeness (QED) is 0.796. The average molecular weight is 241 g/mol. The largest absolute Gasteiger partial charge is 0.343 e. The van der Waals surface area contributed by atoms with Crippen molar-refractivity contribution in [3.05, 3.63) is 0 Å². The van der Waals surface area contributed by atoms with Crippen LogP contribution in [0.3, 0.4) is 0 Å². The van der Waals surface area contributed by atoms with E-state index >= 15 is 0 Å². The predicted octanol–water partition coefficient (Wildman–Crippen LogP) is 0.912. The Labute approximate surface area is 105 Å². The molecule has 0 bridgehead atoms. The van der Waals surface area contributed by atoms with Gasteiger partial charge in [0.25, 0.3) is 0 Å². The van der Waals surface area contributed by atoms with E-state index < -0.39 is 0 Å². The summed E-state index contributed by atoms with van der Waals surface area (Å²) in [6.45, 7) is 5.92. The van der Waals surface area contributed by atoms with E-state index in [0.29, 0.717) is 6.04 Å². The van der Waals surface area contributed by atoms with Gasteiger partial charge in [0, 0.05) is 19.6 Å². The van der Waals surface area contributed by atoms with Crippen LogP contribution < -0.4 is 5.73 Å². The highest BCUT2D eigenvalue weighted by molar-refractivity contribution is 5.81. The number of hydrogen-bond donors (Lipinski definition) is 1. The second-order valence-corrected chi connectivity index (χ2v) is 5.62. The van der Waals surface area contributed by atoms with Crippen molar-refractivity contribution in [1.29, 1.82) is 0 Å². The number of nitrogens with two attached hydrogens (primary N) is 1. The fourth-order valence-electron chi connectivity index (χ4n) is 2.32. The fourth-order valence-corrected chi connectivity index (χ4v) is 2.32. The van der Waals surface area contributed by atoms with Crippen LogP contribution in [0.5, 0.6) is 0 Å². The van der Waals surface area contributed by atoms with Crippen LogP contribution in [-0.2, 0) is 4.79 Å². The summed E-state index contributed by atoms with van der Waals surface area (Å²) in [7, 11) is 4.01. The lowest BCUT2D eigenvalue weighted by Gasteiger charge is -2.36. The molecule has 2 atom stereocenters. The number of carbonyl (C=O) groups is 1. The standard InChI is InChI=1S/C13H27N3O/c1-10(2)12(14)13(17)16(4)9-11-7-5-6-8-15(11)3/h10-12H,5-9,14H2,1-4H3/t11-,12?/m0/s1. The molecule has 0 spiro atoms. The molecule has 1 aliphatic heterocycles. The van der Waals surface area contributed by atoms with Crippen molar-refractivity contribution < 1.29 is 4.79 Å². The minimum Gasteiger partial charge on any atom is -0.343 e. The third-order valence-corrected chi connectivity index (χ3v) is 3.79. The van der Waals surface area contributed by atoms with Gasteiger partial charge in [0.2, 0.25) is 5.91 Å². The van der Waals surface area contributed by atoms with Gasteiger partial charge in [0.05, 0.1) is 6.04 Å². The molecule has 1 aliphatic rings. The topological polar surface area (TPSA) is 49.6 Å². The van der Waals surface area contributed by atoms with E-state index in [0.717, 1.165) is 13.1 Å². The van der Waals surface area contributed by atoms with Crippen LogP contribution in [0, 0.1) is 5.92 Å². The van der Waals surface area contributed by atoms with Gasteiger partial charge < -0.3 is 15.5 Å². The molecule has 17 heavy (non-hydrogen) atoms. The van der Waals surface area contributed by atoms with Crippen molar-refractivity contribution in [3.8, 4) is 0 Å². The summed E-state index contributed by atoms with van der Waals surface area (Å²) in [5, 5.41) is 0. The zero-order chi connectivity index (χ0) is 13.0. The first-order valence-corrected chi connectivity index (χ1v) is 6.64. The van der Waals surface area contributed by atoms with Crippen molar-refractivity contribution in [2.75, 3.05) is 27.2 Å². The van der Waals surface area contributed by atoms with Crippen molar-refractivity contribution in [2.45, 2.75) is 45.2 Å². The Bertz CT molecular complexity index is 255. The molecule has 1 unspecified atom stereocenters. The molecule has 1 amide bonds. The monoisotopic (exact) mass is 241 g/mol. The van der Waals surface area contributed by atoms with E-state index in [1.165, 1.54) is 19.3 Å². The van der Waals surface area contributed by atoms with E-state index in [2.05, 4.69) is 11.9 Å². The smallest absolute Gasteiger partial charge is 0.239 e. The molecule has 0 aliphatic carbocycles. The summed E-state index contributed by atoms with van der Waals surface area (Å²) in [5.41, 5.74) is 5.90. The van der Waals surface area contributed by atoms with Crippen molar-refractivity contribution in [1.82, 2.24) is 9.80 Å². The zero-order valence-corrected chi connectivity index (χ0v) is 11.6. The number of likely N-dealkylation sites (N-methyl/N-ethyl adjacent to an activating group) is 2. The third kappa shape index (κ3) is 3.96. The van der Waals surface area contributed by atoms with E-state index in [4.69, 9.17) is 5.73 Å². The maximum absolute atomic E-state index is 12.0. The molecule has 100 valence electrons. The minimum absolute atomic E-state index is 0.0685. The summed E-state index contributed by atoms with van der Waals surface area (Å²) in [5.74, 6) is 0.271. The fraction of sp³-hybridized carbons (Fsp3) is 0.923. The van der Waals surface area contributed by atoms with Crippen LogP contribution in [0.1, 0.15) is 33.1 Å². The highest BCUT2D eigenvalue weighted by Gasteiger charge is 2.25. The summed E-state index contributed by atoms with van der Waals surface area (Å²) < 4.78 is 0. The number of likely N-dealkylation sites (tertiary alicyclic amines) is 1. The Morgan fingerprint density at radius 1 is 1.47 bits per heavy atom. The van der Waals surface area contributed by atoms with Gasteiger partial charge in [0.1, 0.15) is 0 Å². The SMILES string of the molecule is CC(C)C(N)C(=O)N(C)C[C@@H]1CCCCN1C. The van der Waals surface area contributed by atoms with Crippen LogP contribution in [0.4, 0.5) is 0 Å². The first-order valence-electron chi connectivity index (χ1n) is 6.64. The Hall–Kier alpha value is -0.610. The third-order valence-electron chi connectivity index (χ3n) is 3.79. The van der Waals surface area contributed by atoms with Gasteiger partial charge >= 0.3 is 0 Å². The lowest BCUT2D eigenvalue weighted by atomic mass is 10.0. The summed E-state index contributed by atoms with van der Waals surface area (Å²) >= 11 is 0. The molecular weight excluding hydrogens is 214 g/mol. The zero-order valence-electron chi connectivity index (χ0n) is 11.6. The number of hydrogen-bond acceptors (Lipinski definition) is 3. The van der Waals surface area contributed by atoms with Crippen LogP contribution in [0.25, 0.3) is 0 Å². The van der Waals surface area contributed by atoms with Crippen LogP contribution in [0.2, 0.25) is 0 Å². The summed E-state index contributed by atoms with van der Waals surface area (Å²) in [6.07, 6.45) is 3.73. The Balaban J connectivity index is 2.47. The lowest BCUT2D eigenvalue weighted by molar-refractivity contribution is -0.133. The number of nitrogens with zero attached hydrogens (tertiary/aromatic N) is 2. The normalized spacial score (nSPS) is 23.8. The molecule has 0 aromatic rings. The molecule has 0 aromatic carbocycles. The second-order valence-electron chi connectivity index (χ2n) is 5.62. The van der Waals surface area contributed by atoms with Gasteiger partial charge in [0.15, 0.2) is 0 Å². The minimum atomic E-state index is -0.367. The molecular formula is C13H27N3O. The van der Waals surface area contributed by atoms with E-state index in [9.17, 15) is 4.79 Å². The lowest BCUT2D eigenvalue weighted by Crippen LogP contribution is -2.50. The van der Waals surface area contributed by atoms with Crippen molar-refractivity contribution >= 4 is 5.91 Å². The maximum Gasteiger partial charge on any atom is 0.239 e. The highest BCUT2D eigenvalue weighted by Crippen LogP contribution is 2.16. The van der Waals surface area contributed by atoms with Gasteiger partial charge in [-0.15, -0.1) is 0 Å². The Morgan fingerprint density at radius 2 is 2.12 bits per heavy atom. The molecule has 2 N–H and O–H groups in total.